The molecule has 0 bridgehead atoms. The second-order valence-electron chi connectivity index (χ2n) is 11.4. The van der Waals surface area contributed by atoms with E-state index in [9.17, 15) is 14.0 Å². The van der Waals surface area contributed by atoms with Crippen LogP contribution in [0.2, 0.25) is 0 Å². The van der Waals surface area contributed by atoms with Gasteiger partial charge in [0.15, 0.2) is 5.75 Å². The summed E-state index contributed by atoms with van der Waals surface area (Å²) >= 11 is 0. The highest BCUT2D eigenvalue weighted by molar-refractivity contribution is 7.28. The lowest BCUT2D eigenvalue weighted by Gasteiger charge is -2.40. The van der Waals surface area contributed by atoms with E-state index in [2.05, 4.69) is 30.8 Å². The quantitative estimate of drug-likeness (QED) is 0.265. The Morgan fingerprint density at radius 1 is 1.21 bits per heavy atom. The third-order valence-electron chi connectivity index (χ3n) is 8.90. The molecule has 1 saturated heterocycles. The Morgan fingerprint density at radius 2 is 2.02 bits per heavy atom. The molecule has 1 unspecified atom stereocenters. The van der Waals surface area contributed by atoms with Crippen LogP contribution in [-0.4, -0.2) is 55.8 Å². The Morgan fingerprint density at radius 3 is 2.74 bits per heavy atom. The van der Waals surface area contributed by atoms with E-state index in [-0.39, 0.29) is 30.4 Å². The summed E-state index contributed by atoms with van der Waals surface area (Å²) < 4.78 is 24.9. The number of ether oxygens (including phenoxy) is 1. The number of rotatable bonds is 4. The van der Waals surface area contributed by atoms with Crippen molar-refractivity contribution in [3.05, 3.63) is 70.5 Å². The highest BCUT2D eigenvalue weighted by atomic mass is 31.0. The van der Waals surface area contributed by atoms with Gasteiger partial charge in [0.1, 0.15) is 29.6 Å². The van der Waals surface area contributed by atoms with Crippen molar-refractivity contribution in [2.75, 3.05) is 24.5 Å². The van der Waals surface area contributed by atoms with Crippen molar-refractivity contribution in [2.24, 2.45) is 0 Å². The fourth-order valence-electron chi connectivity index (χ4n) is 6.55. The number of benzene rings is 2. The first kappa shape index (κ1) is 26.8. The zero-order valence-corrected chi connectivity index (χ0v) is 24.8. The number of halogens is 1. The van der Waals surface area contributed by atoms with E-state index in [0.717, 1.165) is 46.9 Å². The minimum absolute atomic E-state index is 0.0974. The van der Waals surface area contributed by atoms with Gasteiger partial charge in [-0.3, -0.25) is 4.79 Å². The topological polar surface area (TPSA) is 85.5 Å². The van der Waals surface area contributed by atoms with Gasteiger partial charge in [-0.1, -0.05) is 12.6 Å². The fraction of sp³-hybridized carbons (Fsp3) is 0.355. The molecule has 42 heavy (non-hydrogen) atoms. The maximum atomic E-state index is 14.9. The van der Waals surface area contributed by atoms with Gasteiger partial charge in [-0.15, -0.1) is 9.24 Å². The van der Waals surface area contributed by atoms with Crippen molar-refractivity contribution < 1.29 is 13.9 Å². The lowest BCUT2D eigenvalue weighted by Crippen LogP contribution is -2.54. The summed E-state index contributed by atoms with van der Waals surface area (Å²) in [5, 5.41) is 5.82. The molecule has 1 aliphatic carbocycles. The van der Waals surface area contributed by atoms with Crippen molar-refractivity contribution in [1.82, 2.24) is 24.2 Å². The van der Waals surface area contributed by atoms with Crippen molar-refractivity contribution in [2.45, 2.75) is 51.8 Å². The summed E-state index contributed by atoms with van der Waals surface area (Å²) in [5.41, 5.74) is 3.46. The van der Waals surface area contributed by atoms with Crippen LogP contribution in [0.4, 0.5) is 10.2 Å². The van der Waals surface area contributed by atoms with Gasteiger partial charge in [0.05, 0.1) is 12.2 Å². The van der Waals surface area contributed by atoms with Crippen LogP contribution in [-0.2, 0) is 11.4 Å². The first-order valence-electron chi connectivity index (χ1n) is 14.3. The molecule has 4 heterocycles. The van der Waals surface area contributed by atoms with Crippen LogP contribution in [0.3, 0.4) is 0 Å². The molecule has 0 N–H and O–H groups in total. The van der Waals surface area contributed by atoms with Gasteiger partial charge >= 0.3 is 5.69 Å². The third kappa shape index (κ3) is 3.99. The smallest absolute Gasteiger partial charge is 0.355 e. The summed E-state index contributed by atoms with van der Waals surface area (Å²) in [5.74, 6) is 1.28. The molecule has 11 heteroatoms. The number of aromatic nitrogens is 4. The van der Waals surface area contributed by atoms with Crippen molar-refractivity contribution >= 4 is 37.2 Å². The monoisotopic (exact) mass is 586 g/mol. The van der Waals surface area contributed by atoms with Crippen molar-refractivity contribution in [3.8, 4) is 22.7 Å². The lowest BCUT2D eigenvalue weighted by molar-refractivity contribution is -0.126. The van der Waals surface area contributed by atoms with Gasteiger partial charge in [-0.05, 0) is 62.4 Å². The van der Waals surface area contributed by atoms with Gasteiger partial charge in [0.25, 0.3) is 0 Å². The Balaban J connectivity index is 1.51. The maximum absolute atomic E-state index is 14.9. The molecule has 0 radical (unpaired) electrons. The standard InChI is InChI=1S/C31H32FN6O3P/c1-4-24(39)35-12-13-36(18(3)15-35)30-21-14-17(2)25-26-19(8-9-22(32)29(26)42)16-41-28(25)27(21)37(31(40)34-30)23-10-11-33-38(23)20-6-5-7-20/h4,8-11,14,18,20H,1,5-7,12-13,15-16,42H2,2-3H3/t18-/m0/s1. The van der Waals surface area contributed by atoms with Crippen LogP contribution >= 0.6 is 9.24 Å². The molecule has 9 nitrogen and oxygen atoms in total. The molecule has 0 spiro atoms. The molecular weight excluding hydrogens is 554 g/mol. The van der Waals surface area contributed by atoms with Gasteiger partial charge in [-0.25, -0.2) is 18.4 Å². The van der Waals surface area contributed by atoms with Crippen LogP contribution in [0.25, 0.3) is 27.8 Å². The van der Waals surface area contributed by atoms with Crippen LogP contribution in [0.5, 0.6) is 5.75 Å². The normalized spacial score (nSPS) is 18.3. The number of hydrogen-bond acceptors (Lipinski definition) is 6. The minimum atomic E-state index is -0.443. The number of nitrogens with zero attached hydrogens (tertiary/aromatic N) is 6. The van der Waals surface area contributed by atoms with E-state index < -0.39 is 5.69 Å². The van der Waals surface area contributed by atoms with E-state index in [1.165, 1.54) is 12.1 Å². The molecule has 4 aromatic rings. The number of amides is 1. The van der Waals surface area contributed by atoms with Crippen LogP contribution in [0, 0.1) is 12.7 Å². The number of anilines is 1. The van der Waals surface area contributed by atoms with Gasteiger partial charge < -0.3 is 14.5 Å². The number of hydrogen-bond donors (Lipinski definition) is 0. The Labute approximate surface area is 244 Å². The Hall–Kier alpha value is -4.04. The second-order valence-corrected chi connectivity index (χ2v) is 12.0. The SMILES string of the molecule is C=CC(=O)N1CCN(c2nc(=O)n(-c3ccnn3C3CCC3)c3c4c(c(C)cc23)-c2c(ccc(F)c2P)CO4)[C@@H](C)C1. The van der Waals surface area contributed by atoms with Crippen LogP contribution in [0.15, 0.2) is 47.9 Å². The Kier molecular flexibility index (Phi) is 6.42. The maximum Gasteiger partial charge on any atom is 0.355 e. The second kappa shape index (κ2) is 10.1. The van der Waals surface area contributed by atoms with Crippen LogP contribution < -0.4 is 20.6 Å². The molecule has 2 aromatic carbocycles. The number of piperazine rings is 1. The molecule has 2 aromatic heterocycles. The molecule has 7 rings (SSSR count). The first-order chi connectivity index (χ1) is 20.3. The molecule has 2 aliphatic heterocycles. The molecule has 3 aliphatic rings. The summed E-state index contributed by atoms with van der Waals surface area (Å²) in [6.07, 6.45) is 6.15. The summed E-state index contributed by atoms with van der Waals surface area (Å²) in [6, 6.07) is 7.19. The predicted molar refractivity (Wildman–Crippen MR) is 163 cm³/mol. The van der Waals surface area contributed by atoms with E-state index in [1.807, 2.05) is 30.7 Å². The Bertz CT molecular complexity index is 1840. The average Bonchev–Trinajstić information content (AvgIpc) is 3.41. The first-order valence-corrected chi connectivity index (χ1v) is 14.9. The number of carbonyl (C=O) groups is 1. The highest BCUT2D eigenvalue weighted by Gasteiger charge is 2.33. The van der Waals surface area contributed by atoms with Crippen molar-refractivity contribution in [1.29, 1.82) is 0 Å². The van der Waals surface area contributed by atoms with Gasteiger partial charge in [0, 0.05) is 53.6 Å². The van der Waals surface area contributed by atoms with E-state index in [0.29, 0.717) is 47.8 Å². The van der Waals surface area contributed by atoms with Gasteiger partial charge in [-0.2, -0.15) is 10.1 Å². The number of fused-ring (bicyclic) bond motifs is 5. The number of carbonyl (C=O) groups excluding carboxylic acids is 1. The third-order valence-corrected chi connectivity index (χ3v) is 9.46. The fourth-order valence-corrected chi connectivity index (χ4v) is 6.98. The average molecular weight is 587 g/mol. The molecule has 1 saturated carbocycles. The zero-order valence-electron chi connectivity index (χ0n) is 23.6. The summed E-state index contributed by atoms with van der Waals surface area (Å²) in [7, 11) is 2.54. The molecule has 2 fully saturated rings. The lowest BCUT2D eigenvalue weighted by atomic mass is 9.91. The summed E-state index contributed by atoms with van der Waals surface area (Å²) in [6.45, 7) is 9.35. The largest absolute Gasteiger partial charge is 0.486 e. The predicted octanol–water partition coefficient (Wildman–Crippen LogP) is 4.04. The number of aryl methyl sites for hydroxylation is 1. The van der Waals surface area contributed by atoms with Gasteiger partial charge in [0.2, 0.25) is 5.91 Å². The van der Waals surface area contributed by atoms with E-state index in [4.69, 9.17) is 4.74 Å². The molecule has 1 amide bonds. The minimum Gasteiger partial charge on any atom is -0.486 e. The van der Waals surface area contributed by atoms with Crippen molar-refractivity contribution in [3.63, 3.8) is 0 Å². The highest BCUT2D eigenvalue weighted by Crippen LogP contribution is 2.46. The van der Waals surface area contributed by atoms with E-state index in [1.54, 1.807) is 21.7 Å². The van der Waals surface area contributed by atoms with E-state index >= 15 is 0 Å². The molecule has 216 valence electrons. The molecule has 2 atom stereocenters. The zero-order chi connectivity index (χ0) is 29.3. The summed E-state index contributed by atoms with van der Waals surface area (Å²) in [4.78, 5) is 35.0. The van der Waals surface area contributed by atoms with Crippen LogP contribution in [0.1, 0.15) is 43.4 Å². The molecular formula is C31H32FN6O3P.